The van der Waals surface area contributed by atoms with Gasteiger partial charge in [-0.05, 0) is 18.2 Å². The van der Waals surface area contributed by atoms with E-state index in [2.05, 4.69) is 10.3 Å². The molecule has 7 heteroatoms. The van der Waals surface area contributed by atoms with Gasteiger partial charge in [-0.1, -0.05) is 13.0 Å². The fraction of sp³-hybridized carbons (Fsp3) is 0.583. The summed E-state index contributed by atoms with van der Waals surface area (Å²) in [6.07, 6.45) is -2.78. The predicted octanol–water partition coefficient (Wildman–Crippen LogP) is 1.55. The highest BCUT2D eigenvalue weighted by atomic mass is 19.4. The minimum Gasteiger partial charge on any atom is -0.395 e. The van der Waals surface area contributed by atoms with Crippen LogP contribution in [0, 0.1) is 0 Å². The Balaban J connectivity index is 2.73. The van der Waals surface area contributed by atoms with E-state index in [1.807, 2.05) is 6.92 Å². The number of alkyl halides is 3. The lowest BCUT2D eigenvalue weighted by Crippen LogP contribution is -2.36. The fourth-order valence-electron chi connectivity index (χ4n) is 1.59. The zero-order valence-corrected chi connectivity index (χ0v) is 10.7. The number of aromatic nitrogens is 1. The third-order valence-electron chi connectivity index (χ3n) is 2.45. The number of nitrogens with one attached hydrogen (secondary N) is 1. The van der Waals surface area contributed by atoms with Crippen LogP contribution in [0.1, 0.15) is 12.5 Å². The first-order valence-corrected chi connectivity index (χ1v) is 6.04. The second kappa shape index (κ2) is 7.30. The molecule has 0 saturated carbocycles. The van der Waals surface area contributed by atoms with Gasteiger partial charge in [-0.3, -0.25) is 0 Å². The number of rotatable bonds is 7. The Hall–Kier alpha value is -1.34. The van der Waals surface area contributed by atoms with Crippen molar-refractivity contribution in [3.8, 4) is 0 Å². The highest BCUT2D eigenvalue weighted by Gasteiger charge is 2.31. The van der Waals surface area contributed by atoms with E-state index in [4.69, 9.17) is 5.11 Å². The van der Waals surface area contributed by atoms with Crippen LogP contribution in [0.2, 0.25) is 0 Å². The molecule has 0 bridgehead atoms. The summed E-state index contributed by atoms with van der Waals surface area (Å²) in [5.74, 6) is 0.214. The Kier molecular flexibility index (Phi) is 6.04. The molecule has 108 valence electrons. The first kappa shape index (κ1) is 15.7. The Morgan fingerprint density at radius 2 is 2.11 bits per heavy atom. The molecule has 0 spiro atoms. The van der Waals surface area contributed by atoms with E-state index < -0.39 is 12.7 Å². The van der Waals surface area contributed by atoms with Gasteiger partial charge in [0.05, 0.1) is 6.61 Å². The van der Waals surface area contributed by atoms with Gasteiger partial charge in [0.25, 0.3) is 0 Å². The third kappa shape index (κ3) is 5.89. The van der Waals surface area contributed by atoms with Gasteiger partial charge in [-0.2, -0.15) is 13.2 Å². The molecule has 0 amide bonds. The molecule has 0 radical (unpaired) electrons. The van der Waals surface area contributed by atoms with E-state index in [0.717, 1.165) is 17.0 Å². The lowest BCUT2D eigenvalue weighted by Gasteiger charge is -2.24. The average Bonchev–Trinajstić information content (AvgIpc) is 2.35. The van der Waals surface area contributed by atoms with E-state index >= 15 is 0 Å². The summed E-state index contributed by atoms with van der Waals surface area (Å²) < 4.78 is 37.2. The molecule has 19 heavy (non-hydrogen) atoms. The zero-order chi connectivity index (χ0) is 14.3. The zero-order valence-electron chi connectivity index (χ0n) is 10.7. The van der Waals surface area contributed by atoms with Crippen molar-refractivity contribution in [1.29, 1.82) is 0 Å². The molecule has 0 aliphatic carbocycles. The summed E-state index contributed by atoms with van der Waals surface area (Å²) in [5, 5.41) is 11.9. The molecular formula is C12H18F3N3O. The summed E-state index contributed by atoms with van der Waals surface area (Å²) >= 11 is 0. The van der Waals surface area contributed by atoms with E-state index in [1.165, 1.54) is 6.07 Å². The van der Waals surface area contributed by atoms with Crippen LogP contribution in [0.3, 0.4) is 0 Å². The summed E-state index contributed by atoms with van der Waals surface area (Å²) in [7, 11) is 0. The number of anilines is 1. The van der Waals surface area contributed by atoms with Crippen LogP contribution in [0.15, 0.2) is 18.3 Å². The van der Waals surface area contributed by atoms with Gasteiger partial charge in [-0.15, -0.1) is 0 Å². The van der Waals surface area contributed by atoms with Crippen molar-refractivity contribution < 1.29 is 18.3 Å². The highest BCUT2D eigenvalue weighted by molar-refractivity contribution is 5.39. The monoisotopic (exact) mass is 277 g/mol. The second-order valence-electron chi connectivity index (χ2n) is 4.07. The molecule has 4 nitrogen and oxygen atoms in total. The van der Waals surface area contributed by atoms with Crippen molar-refractivity contribution in [2.45, 2.75) is 19.6 Å². The Morgan fingerprint density at radius 3 is 2.58 bits per heavy atom. The van der Waals surface area contributed by atoms with E-state index in [9.17, 15) is 13.2 Å². The molecular weight excluding hydrogens is 259 g/mol. The molecule has 1 aromatic rings. The Bertz CT molecular complexity index is 367. The van der Waals surface area contributed by atoms with Crippen LogP contribution < -0.4 is 10.2 Å². The van der Waals surface area contributed by atoms with Crippen LogP contribution in [0.25, 0.3) is 0 Å². The lowest BCUT2D eigenvalue weighted by atomic mass is 10.2. The Labute approximate surface area is 110 Å². The summed E-state index contributed by atoms with van der Waals surface area (Å²) in [6, 6.07) is 3.26. The molecule has 0 aliphatic rings. The van der Waals surface area contributed by atoms with Crippen LogP contribution >= 0.6 is 0 Å². The smallest absolute Gasteiger partial charge is 0.395 e. The first-order valence-electron chi connectivity index (χ1n) is 6.04. The van der Waals surface area contributed by atoms with Crippen molar-refractivity contribution >= 4 is 5.82 Å². The largest absolute Gasteiger partial charge is 0.405 e. The molecule has 0 atom stereocenters. The van der Waals surface area contributed by atoms with Crippen molar-refractivity contribution in [3.63, 3.8) is 0 Å². The Morgan fingerprint density at radius 1 is 1.37 bits per heavy atom. The predicted molar refractivity (Wildman–Crippen MR) is 67.0 cm³/mol. The number of aliphatic hydroxyl groups excluding tert-OH is 1. The molecule has 0 fully saturated rings. The fourth-order valence-corrected chi connectivity index (χ4v) is 1.59. The summed E-state index contributed by atoms with van der Waals surface area (Å²) in [6.45, 7) is 1.84. The van der Waals surface area contributed by atoms with E-state index in [0.29, 0.717) is 6.54 Å². The summed E-state index contributed by atoms with van der Waals surface area (Å²) in [5.41, 5.74) is 0.904. The lowest BCUT2D eigenvalue weighted by molar-refractivity contribution is -0.119. The van der Waals surface area contributed by atoms with Gasteiger partial charge in [0.2, 0.25) is 0 Å². The van der Waals surface area contributed by atoms with Gasteiger partial charge in [0.15, 0.2) is 0 Å². The molecule has 1 heterocycles. The number of pyridine rings is 1. The SMILES string of the molecule is CCNCc1ccc(N(CCO)CC(F)(F)F)nc1. The van der Waals surface area contributed by atoms with Crippen molar-refractivity contribution in [2.24, 2.45) is 0 Å². The van der Waals surface area contributed by atoms with Gasteiger partial charge >= 0.3 is 6.18 Å². The molecule has 0 aromatic carbocycles. The minimum atomic E-state index is -4.32. The van der Waals surface area contributed by atoms with Gasteiger partial charge < -0.3 is 15.3 Å². The van der Waals surface area contributed by atoms with E-state index in [-0.39, 0.29) is 19.0 Å². The maximum atomic E-state index is 12.4. The van der Waals surface area contributed by atoms with Gasteiger partial charge in [0.1, 0.15) is 12.4 Å². The number of aliphatic hydroxyl groups is 1. The third-order valence-corrected chi connectivity index (χ3v) is 2.45. The van der Waals surface area contributed by atoms with Crippen molar-refractivity contribution in [2.75, 3.05) is 31.1 Å². The van der Waals surface area contributed by atoms with Crippen LogP contribution in [0.5, 0.6) is 0 Å². The second-order valence-corrected chi connectivity index (χ2v) is 4.07. The van der Waals surface area contributed by atoms with Gasteiger partial charge in [0, 0.05) is 19.3 Å². The molecule has 0 saturated heterocycles. The number of hydrogen-bond acceptors (Lipinski definition) is 4. The van der Waals surface area contributed by atoms with Crippen molar-refractivity contribution in [3.05, 3.63) is 23.9 Å². The quantitative estimate of drug-likeness (QED) is 0.794. The highest BCUT2D eigenvalue weighted by Crippen LogP contribution is 2.20. The van der Waals surface area contributed by atoms with Crippen LogP contribution in [-0.2, 0) is 6.54 Å². The topological polar surface area (TPSA) is 48.4 Å². The standard InChI is InChI=1S/C12H18F3N3O/c1-2-16-7-10-3-4-11(17-8-10)18(5-6-19)9-12(13,14)15/h3-4,8,16,19H,2,5-7,9H2,1H3. The maximum Gasteiger partial charge on any atom is 0.405 e. The normalized spacial score (nSPS) is 11.6. The van der Waals surface area contributed by atoms with Gasteiger partial charge in [-0.25, -0.2) is 4.98 Å². The minimum absolute atomic E-state index is 0.0981. The number of nitrogens with zero attached hydrogens (tertiary/aromatic N) is 2. The summed E-state index contributed by atoms with van der Waals surface area (Å²) in [4.78, 5) is 5.02. The van der Waals surface area contributed by atoms with Crippen LogP contribution in [-0.4, -0.2) is 42.5 Å². The maximum absolute atomic E-state index is 12.4. The van der Waals surface area contributed by atoms with Crippen molar-refractivity contribution in [1.82, 2.24) is 10.3 Å². The first-order chi connectivity index (χ1) is 8.96. The molecule has 1 aromatic heterocycles. The molecule has 1 rings (SSSR count). The molecule has 2 N–H and O–H groups in total. The number of halogens is 3. The van der Waals surface area contributed by atoms with E-state index in [1.54, 1.807) is 12.3 Å². The van der Waals surface area contributed by atoms with Crippen LogP contribution in [0.4, 0.5) is 19.0 Å². The molecule has 0 aliphatic heterocycles. The average molecular weight is 277 g/mol. The molecule has 0 unspecified atom stereocenters. The number of hydrogen-bond donors (Lipinski definition) is 2.